The monoisotopic (exact) mass is 401 g/mol. The first-order valence-electron chi connectivity index (χ1n) is 9.47. The van der Waals surface area contributed by atoms with E-state index in [4.69, 9.17) is 0 Å². The maximum atomic E-state index is 13.2. The lowest BCUT2D eigenvalue weighted by Gasteiger charge is -2.16. The van der Waals surface area contributed by atoms with Gasteiger partial charge in [0.25, 0.3) is 5.56 Å². The van der Waals surface area contributed by atoms with Crippen LogP contribution in [0.3, 0.4) is 0 Å². The van der Waals surface area contributed by atoms with Gasteiger partial charge in [-0.3, -0.25) is 9.69 Å². The van der Waals surface area contributed by atoms with Crippen LogP contribution in [0, 0.1) is 5.82 Å². The second-order valence-corrected chi connectivity index (χ2v) is 7.06. The molecule has 0 fully saturated rings. The Balaban J connectivity index is 1.57. The van der Waals surface area contributed by atoms with E-state index in [-0.39, 0.29) is 11.4 Å². The maximum absolute atomic E-state index is 13.2. The molecule has 0 unspecified atom stereocenters. The Labute approximate surface area is 173 Å². The number of hydrogen-bond donors (Lipinski definition) is 1. The molecular weight excluding hydrogens is 381 g/mol. The summed E-state index contributed by atoms with van der Waals surface area (Å²) in [7, 11) is 2.02. The van der Waals surface area contributed by atoms with Crippen molar-refractivity contribution in [1.82, 2.24) is 24.8 Å². The maximum Gasteiger partial charge on any atom is 0.251 e. The lowest BCUT2D eigenvalue weighted by molar-refractivity contribution is 0.315. The summed E-state index contributed by atoms with van der Waals surface area (Å²) in [6.07, 6.45) is 3.27. The molecule has 0 bridgehead atoms. The molecule has 4 rings (SSSR count). The van der Waals surface area contributed by atoms with Crippen LogP contribution < -0.4 is 5.56 Å². The number of benzene rings is 2. The number of aromatic amines is 1. The smallest absolute Gasteiger partial charge is 0.251 e. The van der Waals surface area contributed by atoms with Gasteiger partial charge in [-0.1, -0.05) is 18.2 Å². The quantitative estimate of drug-likeness (QED) is 0.534. The highest BCUT2D eigenvalue weighted by atomic mass is 19.1. The summed E-state index contributed by atoms with van der Waals surface area (Å²) in [5.41, 5.74) is 3.76. The summed E-state index contributed by atoms with van der Waals surface area (Å²) in [5.74, 6) is 0.143. The molecule has 0 saturated carbocycles. The number of H-pyrrole nitrogens is 1. The van der Waals surface area contributed by atoms with Gasteiger partial charge in [-0.15, -0.1) is 0 Å². The average Bonchev–Trinajstić information content (AvgIpc) is 2.74. The van der Waals surface area contributed by atoms with Gasteiger partial charge in [0.2, 0.25) is 0 Å². The van der Waals surface area contributed by atoms with Gasteiger partial charge in [-0.05, 0) is 49.0 Å². The van der Waals surface area contributed by atoms with Crippen molar-refractivity contribution in [2.75, 3.05) is 7.05 Å². The zero-order valence-electron chi connectivity index (χ0n) is 16.4. The van der Waals surface area contributed by atoms with Gasteiger partial charge in [-0.2, -0.15) is 0 Å². The minimum Gasteiger partial charge on any atom is -0.306 e. The van der Waals surface area contributed by atoms with Crippen molar-refractivity contribution in [1.29, 1.82) is 0 Å². The Morgan fingerprint density at radius 2 is 1.83 bits per heavy atom. The van der Waals surface area contributed by atoms with Crippen LogP contribution in [0.15, 0.2) is 78.0 Å². The topological polar surface area (TPSA) is 74.8 Å². The minimum absolute atomic E-state index is 0.259. The molecule has 0 spiro atoms. The molecule has 2 heterocycles. The Kier molecular flexibility index (Phi) is 5.72. The number of hydrogen-bond acceptors (Lipinski definition) is 5. The van der Waals surface area contributed by atoms with Crippen molar-refractivity contribution in [3.05, 3.63) is 101 Å². The van der Waals surface area contributed by atoms with E-state index in [9.17, 15) is 9.18 Å². The summed E-state index contributed by atoms with van der Waals surface area (Å²) in [4.78, 5) is 29.9. The first kappa shape index (κ1) is 19.6. The fraction of sp³-hybridized carbons (Fsp3) is 0.130. The van der Waals surface area contributed by atoms with Crippen LogP contribution in [0.1, 0.15) is 11.3 Å². The number of nitrogens with one attached hydrogen (secondary N) is 1. The molecule has 0 amide bonds. The molecule has 2 aromatic carbocycles. The minimum atomic E-state index is -0.331. The predicted octanol–water partition coefficient (Wildman–Crippen LogP) is 3.67. The Bertz CT molecular complexity index is 1190. The van der Waals surface area contributed by atoms with Gasteiger partial charge in [0.05, 0.1) is 11.4 Å². The van der Waals surface area contributed by atoms with Crippen LogP contribution in [-0.2, 0) is 13.1 Å². The van der Waals surface area contributed by atoms with Gasteiger partial charge in [-0.25, -0.2) is 19.3 Å². The lowest BCUT2D eigenvalue weighted by atomic mass is 10.1. The van der Waals surface area contributed by atoms with Gasteiger partial charge >= 0.3 is 0 Å². The fourth-order valence-electron chi connectivity index (χ4n) is 3.24. The number of halogens is 1. The Morgan fingerprint density at radius 3 is 2.60 bits per heavy atom. The van der Waals surface area contributed by atoms with E-state index in [0.29, 0.717) is 30.2 Å². The van der Waals surface area contributed by atoms with Crippen molar-refractivity contribution in [2.24, 2.45) is 0 Å². The van der Waals surface area contributed by atoms with E-state index >= 15 is 0 Å². The van der Waals surface area contributed by atoms with Crippen molar-refractivity contribution < 1.29 is 4.39 Å². The van der Waals surface area contributed by atoms with Gasteiger partial charge in [0, 0.05) is 36.5 Å². The molecule has 1 N–H and O–H groups in total. The van der Waals surface area contributed by atoms with Crippen LogP contribution in [0.2, 0.25) is 0 Å². The highest BCUT2D eigenvalue weighted by molar-refractivity contribution is 5.63. The largest absolute Gasteiger partial charge is 0.306 e. The first-order chi connectivity index (χ1) is 14.6. The molecule has 0 aliphatic heterocycles. The zero-order valence-corrected chi connectivity index (χ0v) is 16.4. The van der Waals surface area contributed by atoms with E-state index in [2.05, 4.69) is 24.8 Å². The molecule has 2 aromatic heterocycles. The molecule has 0 aliphatic rings. The third kappa shape index (κ3) is 4.82. The lowest BCUT2D eigenvalue weighted by Crippen LogP contribution is -2.18. The Hall–Kier alpha value is -3.71. The molecule has 0 atom stereocenters. The summed E-state index contributed by atoms with van der Waals surface area (Å²) < 4.78 is 13.2. The normalized spacial score (nSPS) is 11.0. The zero-order chi connectivity index (χ0) is 20.9. The molecular formula is C23H20FN5O. The molecule has 0 radical (unpaired) electrons. The Morgan fingerprint density at radius 1 is 1.00 bits per heavy atom. The second kappa shape index (κ2) is 8.75. The highest BCUT2D eigenvalue weighted by Gasteiger charge is 2.09. The van der Waals surface area contributed by atoms with Crippen molar-refractivity contribution >= 4 is 0 Å². The van der Waals surface area contributed by atoms with E-state index < -0.39 is 0 Å². The molecule has 30 heavy (non-hydrogen) atoms. The van der Waals surface area contributed by atoms with Gasteiger partial charge < -0.3 is 4.98 Å². The molecule has 4 aromatic rings. The predicted molar refractivity (Wildman–Crippen MR) is 113 cm³/mol. The van der Waals surface area contributed by atoms with Crippen LogP contribution in [0.4, 0.5) is 4.39 Å². The summed E-state index contributed by atoms with van der Waals surface area (Å²) >= 11 is 0. The second-order valence-electron chi connectivity index (χ2n) is 7.06. The van der Waals surface area contributed by atoms with E-state index in [1.165, 1.54) is 18.2 Å². The highest BCUT2D eigenvalue weighted by Crippen LogP contribution is 2.21. The molecule has 0 saturated heterocycles. The summed E-state index contributed by atoms with van der Waals surface area (Å²) in [6.45, 7) is 1.40. The first-order valence-corrected chi connectivity index (χ1v) is 9.47. The third-order valence-electron chi connectivity index (χ3n) is 4.61. The molecule has 7 heteroatoms. The van der Waals surface area contributed by atoms with Crippen molar-refractivity contribution in [3.8, 4) is 22.6 Å². The number of rotatable bonds is 6. The van der Waals surface area contributed by atoms with E-state index in [0.717, 1.165) is 16.8 Å². The number of aromatic nitrogens is 4. The van der Waals surface area contributed by atoms with Crippen molar-refractivity contribution in [3.63, 3.8) is 0 Å². The fourth-order valence-corrected chi connectivity index (χ4v) is 3.24. The van der Waals surface area contributed by atoms with Gasteiger partial charge in [0.1, 0.15) is 18.0 Å². The van der Waals surface area contributed by atoms with Crippen LogP contribution in [-0.4, -0.2) is 31.9 Å². The van der Waals surface area contributed by atoms with Crippen molar-refractivity contribution in [2.45, 2.75) is 13.1 Å². The van der Waals surface area contributed by atoms with Crippen LogP contribution in [0.25, 0.3) is 22.6 Å². The standard InChI is InChI=1S/C23H20FN5O/c1-29(14-20-9-10-25-15-26-20)13-16-3-2-4-18(11-16)23-27-21(12-22(30)28-23)17-5-7-19(24)8-6-17/h2-12,15H,13-14H2,1H3,(H,27,28,30). The van der Waals surface area contributed by atoms with E-state index in [1.807, 2.05) is 37.4 Å². The van der Waals surface area contributed by atoms with Gasteiger partial charge in [0.15, 0.2) is 0 Å². The summed E-state index contributed by atoms with van der Waals surface area (Å²) in [6, 6.07) is 17.1. The molecule has 150 valence electrons. The summed E-state index contributed by atoms with van der Waals surface area (Å²) in [5, 5.41) is 0. The third-order valence-corrected chi connectivity index (χ3v) is 4.61. The van der Waals surface area contributed by atoms with Crippen LogP contribution >= 0.6 is 0 Å². The van der Waals surface area contributed by atoms with Crippen LogP contribution in [0.5, 0.6) is 0 Å². The SMILES string of the molecule is CN(Cc1cccc(-c2nc(-c3ccc(F)cc3)cc(=O)[nH]2)c1)Cc1ccncn1. The molecule has 0 aliphatic carbocycles. The average molecular weight is 401 g/mol. The number of nitrogens with zero attached hydrogens (tertiary/aromatic N) is 4. The van der Waals surface area contributed by atoms with E-state index in [1.54, 1.807) is 24.7 Å². The molecule has 6 nitrogen and oxygen atoms in total.